The van der Waals surface area contributed by atoms with Crippen LogP contribution in [-0.4, -0.2) is 18.3 Å². The predicted octanol–water partition coefficient (Wildman–Crippen LogP) is 18.4. The van der Waals surface area contributed by atoms with Crippen LogP contribution in [0.1, 0.15) is 71.1 Å². The summed E-state index contributed by atoms with van der Waals surface area (Å²) in [6.45, 7) is 13.9. The van der Waals surface area contributed by atoms with Crippen LogP contribution in [0.5, 0.6) is 0 Å². The molecule has 0 amide bonds. The Kier molecular flexibility index (Phi) is 9.20. The maximum Gasteiger partial charge on any atom is 0.0542 e. The van der Waals surface area contributed by atoms with Crippen molar-refractivity contribution in [3.63, 3.8) is 0 Å². The molecule has 0 unspecified atom stereocenters. The van der Waals surface area contributed by atoms with E-state index in [1.54, 1.807) is 0 Å². The van der Waals surface area contributed by atoms with Gasteiger partial charge in [-0.3, -0.25) is 0 Å². The summed E-state index contributed by atoms with van der Waals surface area (Å²) in [5.41, 5.74) is 19.8. The van der Waals surface area contributed by atoms with Gasteiger partial charge >= 0.3 is 0 Å². The van der Waals surface area contributed by atoms with Crippen molar-refractivity contribution < 1.29 is 0 Å². The Morgan fingerprint density at radius 2 is 0.694 bits per heavy atom. The van der Waals surface area contributed by atoms with Gasteiger partial charge in [0, 0.05) is 65.8 Å². The maximum atomic E-state index is 2.52. The topological polar surface area (TPSA) is 19.7 Å². The first-order valence-electron chi connectivity index (χ1n) is 25.6. The second kappa shape index (κ2) is 15.6. The van der Waals surface area contributed by atoms with E-state index < -0.39 is 0 Å². The lowest BCUT2D eigenvalue weighted by atomic mass is 9.86. The Bertz CT molecular complexity index is 4360. The van der Waals surface area contributed by atoms with Gasteiger partial charge in [-0.25, -0.2) is 0 Å². The fourth-order valence-corrected chi connectivity index (χ4v) is 12.1. The summed E-state index contributed by atoms with van der Waals surface area (Å²) in [4.78, 5) is 0. The molecule has 348 valence electrons. The molecule has 9 aromatic carbocycles. The lowest BCUT2D eigenvalue weighted by molar-refractivity contribution is 0.591. The molecule has 0 atom stereocenters. The van der Waals surface area contributed by atoms with Gasteiger partial charge in [0.2, 0.25) is 0 Å². The highest BCUT2D eigenvalue weighted by molar-refractivity contribution is 6.15. The van der Waals surface area contributed by atoms with E-state index in [0.717, 1.165) is 12.8 Å². The molecule has 0 N–H and O–H groups in total. The van der Waals surface area contributed by atoms with Crippen molar-refractivity contribution in [2.75, 3.05) is 0 Å². The number of allylic oxidation sites excluding steroid dienone is 4. The number of fused-ring (bicyclic) bond motifs is 12. The predicted molar refractivity (Wildman–Crippen MR) is 308 cm³/mol. The van der Waals surface area contributed by atoms with Gasteiger partial charge in [0.15, 0.2) is 0 Å². The molecular formula is C68H56N4. The van der Waals surface area contributed by atoms with Gasteiger partial charge in [-0.05, 0) is 149 Å². The van der Waals surface area contributed by atoms with Crippen LogP contribution in [0, 0.1) is 0 Å². The average Bonchev–Trinajstić information content (AvgIpc) is 4.13. The van der Waals surface area contributed by atoms with Crippen LogP contribution < -0.4 is 0 Å². The SMILES string of the molecule is CC(C)(C)c1ccc2c(c1)c1cc(-n3c4ccccc4c4ccccc43)ccc1n2C1=CCCC(c2cccc(-n3c4ccc(-n5c6ccccc6c6ccccc65)cc4c4cc(C(C)(C)C)ccc43)c2)=C1. The first kappa shape index (κ1) is 42.5. The molecule has 14 rings (SSSR count). The van der Waals surface area contributed by atoms with Gasteiger partial charge in [0.1, 0.15) is 0 Å². The van der Waals surface area contributed by atoms with Crippen molar-refractivity contribution >= 4 is 98.5 Å². The minimum absolute atomic E-state index is 0.00550. The smallest absolute Gasteiger partial charge is 0.0542 e. The molecule has 13 aromatic rings. The second-order valence-electron chi connectivity index (χ2n) is 22.2. The lowest BCUT2D eigenvalue weighted by Gasteiger charge is -2.20. The minimum Gasteiger partial charge on any atom is -0.310 e. The van der Waals surface area contributed by atoms with Gasteiger partial charge in [0.25, 0.3) is 0 Å². The Balaban J connectivity index is 0.914. The Labute approximate surface area is 420 Å². The molecular weight excluding hydrogens is 873 g/mol. The summed E-state index contributed by atoms with van der Waals surface area (Å²) in [7, 11) is 0. The highest BCUT2D eigenvalue weighted by Gasteiger charge is 2.24. The third-order valence-corrected chi connectivity index (χ3v) is 15.7. The van der Waals surface area contributed by atoms with Gasteiger partial charge < -0.3 is 18.3 Å². The zero-order chi connectivity index (χ0) is 48.6. The standard InChI is InChI=1S/C68H56N4/c1-67(2,3)45-29-33-63-55(39-45)57-41-49(71-59-25-11-7-21-51(59)52-22-8-12-26-60(52)71)31-35-65(57)69(63)47-19-15-17-43(37-47)44-18-16-20-48(38-44)70-64-34-30-46(68(4,5)6)40-56(64)58-42-50(32-36-66(58)70)72-61-27-13-9-23-53(61)54-24-10-14-28-62(54)72/h7-15,17,19-42H,16,18H2,1-6H3. The van der Waals surface area contributed by atoms with Crippen molar-refractivity contribution in [1.82, 2.24) is 18.3 Å². The van der Waals surface area contributed by atoms with Gasteiger partial charge in [0.05, 0.1) is 44.1 Å². The van der Waals surface area contributed by atoms with Crippen LogP contribution in [0.2, 0.25) is 0 Å². The van der Waals surface area contributed by atoms with E-state index in [9.17, 15) is 0 Å². The fourth-order valence-electron chi connectivity index (χ4n) is 12.1. The molecule has 0 radical (unpaired) electrons. The highest BCUT2D eigenvalue weighted by Crippen LogP contribution is 2.43. The van der Waals surface area contributed by atoms with Crippen LogP contribution in [0.4, 0.5) is 0 Å². The monoisotopic (exact) mass is 928 g/mol. The van der Waals surface area contributed by atoms with Crippen LogP contribution >= 0.6 is 0 Å². The van der Waals surface area contributed by atoms with Crippen molar-refractivity contribution in [1.29, 1.82) is 0 Å². The maximum absolute atomic E-state index is 2.52. The number of nitrogens with zero attached hydrogens (tertiary/aromatic N) is 4. The zero-order valence-corrected chi connectivity index (χ0v) is 41.8. The molecule has 4 heteroatoms. The molecule has 0 spiro atoms. The van der Waals surface area contributed by atoms with Crippen molar-refractivity contribution in [2.45, 2.75) is 65.2 Å². The van der Waals surface area contributed by atoms with E-state index in [0.29, 0.717) is 0 Å². The third kappa shape index (κ3) is 6.44. The number of aromatic nitrogens is 4. The van der Waals surface area contributed by atoms with E-state index in [2.05, 4.69) is 266 Å². The summed E-state index contributed by atoms with van der Waals surface area (Å²) in [6, 6.07) is 72.9. The molecule has 0 aliphatic heterocycles. The van der Waals surface area contributed by atoms with Gasteiger partial charge in [-0.2, -0.15) is 0 Å². The lowest BCUT2D eigenvalue weighted by Crippen LogP contribution is -2.10. The molecule has 72 heavy (non-hydrogen) atoms. The van der Waals surface area contributed by atoms with Crippen molar-refractivity contribution in [2.24, 2.45) is 0 Å². The number of hydrogen-bond acceptors (Lipinski definition) is 0. The first-order chi connectivity index (χ1) is 35.0. The van der Waals surface area contributed by atoms with E-state index >= 15 is 0 Å². The number of rotatable bonds is 5. The third-order valence-electron chi connectivity index (χ3n) is 15.7. The van der Waals surface area contributed by atoms with Crippen LogP contribution in [-0.2, 0) is 10.8 Å². The highest BCUT2D eigenvalue weighted by atomic mass is 15.0. The van der Waals surface area contributed by atoms with E-state index in [-0.39, 0.29) is 10.8 Å². The summed E-state index contributed by atoms with van der Waals surface area (Å²) in [5, 5.41) is 10.2. The summed E-state index contributed by atoms with van der Waals surface area (Å²) in [5.74, 6) is 0. The van der Waals surface area contributed by atoms with E-state index in [1.165, 1.54) is 132 Å². The molecule has 0 bridgehead atoms. The summed E-state index contributed by atoms with van der Waals surface area (Å²) < 4.78 is 9.89. The number of hydrogen-bond donors (Lipinski definition) is 0. The molecule has 0 fully saturated rings. The molecule has 1 aliphatic carbocycles. The van der Waals surface area contributed by atoms with E-state index in [1.807, 2.05) is 0 Å². The van der Waals surface area contributed by atoms with Gasteiger partial charge in [-0.15, -0.1) is 0 Å². The van der Waals surface area contributed by atoms with Crippen molar-refractivity contribution in [3.05, 3.63) is 223 Å². The average molecular weight is 929 g/mol. The normalized spacial score (nSPS) is 13.8. The number of benzene rings is 9. The fraction of sp³-hybridized carbons (Fsp3) is 0.147. The molecule has 0 saturated heterocycles. The minimum atomic E-state index is 0.00550. The van der Waals surface area contributed by atoms with Crippen LogP contribution in [0.25, 0.3) is 116 Å². The first-order valence-corrected chi connectivity index (χ1v) is 25.6. The van der Waals surface area contributed by atoms with Crippen LogP contribution in [0.3, 0.4) is 0 Å². The van der Waals surface area contributed by atoms with Crippen LogP contribution in [0.15, 0.2) is 206 Å². The second-order valence-corrected chi connectivity index (χ2v) is 22.2. The molecule has 1 aliphatic rings. The summed E-state index contributed by atoms with van der Waals surface area (Å²) >= 11 is 0. The molecule has 0 saturated carbocycles. The Morgan fingerprint density at radius 3 is 1.14 bits per heavy atom. The molecule has 4 nitrogen and oxygen atoms in total. The Morgan fingerprint density at radius 1 is 0.319 bits per heavy atom. The molecule has 4 heterocycles. The van der Waals surface area contributed by atoms with Crippen molar-refractivity contribution in [3.8, 4) is 17.1 Å². The van der Waals surface area contributed by atoms with E-state index in [4.69, 9.17) is 0 Å². The zero-order valence-electron chi connectivity index (χ0n) is 41.8. The largest absolute Gasteiger partial charge is 0.310 e. The quantitative estimate of drug-likeness (QED) is 0.164. The Hall–Kier alpha value is -8.34. The number of para-hydroxylation sites is 4. The molecule has 4 aromatic heterocycles. The van der Waals surface area contributed by atoms with Gasteiger partial charge in [-0.1, -0.05) is 145 Å². The summed E-state index contributed by atoms with van der Waals surface area (Å²) in [6.07, 6.45) is 6.84.